The Morgan fingerprint density at radius 2 is 1.88 bits per heavy atom. The number of rotatable bonds is 7. The number of aryl methyl sites for hydroxylation is 2. The van der Waals surface area contributed by atoms with Gasteiger partial charge in [0, 0.05) is 5.02 Å². The first kappa shape index (κ1) is 19.8. The summed E-state index contributed by atoms with van der Waals surface area (Å²) in [6.07, 6.45) is -0.0184. The fraction of sp³-hybridized carbons (Fsp3) is 0.300. The molecule has 0 bridgehead atoms. The van der Waals surface area contributed by atoms with Gasteiger partial charge in [-0.3, -0.25) is 9.59 Å². The second kappa shape index (κ2) is 9.25. The zero-order valence-corrected chi connectivity index (χ0v) is 15.8. The van der Waals surface area contributed by atoms with E-state index in [1.54, 1.807) is 24.3 Å². The van der Waals surface area contributed by atoms with E-state index in [9.17, 15) is 9.59 Å². The lowest BCUT2D eigenvalue weighted by atomic mass is 10.0. The van der Waals surface area contributed by atoms with Crippen LogP contribution in [0, 0.1) is 13.8 Å². The largest absolute Gasteiger partial charge is 0.483 e. The van der Waals surface area contributed by atoms with E-state index >= 15 is 0 Å². The molecule has 0 aliphatic heterocycles. The topological polar surface area (TPSA) is 64.6 Å². The summed E-state index contributed by atoms with van der Waals surface area (Å²) in [4.78, 5) is 24.0. The molecule has 0 heterocycles. The zero-order valence-electron chi connectivity index (χ0n) is 15.0. The van der Waals surface area contributed by atoms with Crippen molar-refractivity contribution in [1.82, 2.24) is 5.32 Å². The monoisotopic (exact) mass is 375 g/mol. The summed E-state index contributed by atoms with van der Waals surface area (Å²) in [6, 6.07) is 12.3. The normalized spacial score (nSPS) is 11.5. The lowest BCUT2D eigenvalue weighted by Crippen LogP contribution is -2.34. The van der Waals surface area contributed by atoms with Gasteiger partial charge in [-0.05, 0) is 42.7 Å². The molecule has 0 aliphatic carbocycles. The van der Waals surface area contributed by atoms with Crippen molar-refractivity contribution in [2.45, 2.75) is 26.3 Å². The first-order valence-electron chi connectivity index (χ1n) is 8.21. The van der Waals surface area contributed by atoms with E-state index in [0.717, 1.165) is 11.1 Å². The number of ether oxygens (including phenoxy) is 2. The van der Waals surface area contributed by atoms with Crippen molar-refractivity contribution in [3.63, 3.8) is 0 Å². The average molecular weight is 376 g/mol. The van der Waals surface area contributed by atoms with Gasteiger partial charge in [-0.25, -0.2) is 0 Å². The van der Waals surface area contributed by atoms with E-state index in [1.807, 2.05) is 32.0 Å². The van der Waals surface area contributed by atoms with Gasteiger partial charge >= 0.3 is 5.97 Å². The molecule has 5 nitrogen and oxygen atoms in total. The second-order valence-electron chi connectivity index (χ2n) is 5.98. The number of benzene rings is 2. The number of hydrogen-bond acceptors (Lipinski definition) is 4. The Kier molecular flexibility index (Phi) is 7.04. The van der Waals surface area contributed by atoms with Gasteiger partial charge < -0.3 is 14.8 Å². The maximum atomic E-state index is 12.3. The van der Waals surface area contributed by atoms with Crippen molar-refractivity contribution in [2.75, 3.05) is 13.7 Å². The molecule has 0 radical (unpaired) electrons. The summed E-state index contributed by atoms with van der Waals surface area (Å²) in [7, 11) is 1.30. The number of methoxy groups -OCH3 is 1. The lowest BCUT2D eigenvalue weighted by molar-refractivity contribution is -0.141. The predicted octanol–water partition coefficient (Wildman–Crippen LogP) is 3.76. The molecule has 1 amide bonds. The Bertz CT molecular complexity index is 791. The van der Waals surface area contributed by atoms with Crippen LogP contribution in [-0.2, 0) is 14.3 Å². The van der Waals surface area contributed by atoms with Crippen molar-refractivity contribution in [3.8, 4) is 5.75 Å². The molecule has 1 N–H and O–H groups in total. The number of halogens is 1. The molecule has 2 aromatic carbocycles. The van der Waals surface area contributed by atoms with Crippen LogP contribution in [0.1, 0.15) is 29.2 Å². The van der Waals surface area contributed by atoms with Crippen LogP contribution < -0.4 is 10.1 Å². The Hall–Kier alpha value is -2.53. The molecular formula is C20H22ClNO4. The standard InChI is InChI=1S/C20H22ClNO4/c1-13-8-9-14(2)18(10-13)26-12-19(23)22-17(11-20(24)25-3)15-6-4-5-7-16(15)21/h4-10,17H,11-12H2,1-3H3,(H,22,23). The van der Waals surface area contributed by atoms with Crippen LogP contribution in [0.3, 0.4) is 0 Å². The van der Waals surface area contributed by atoms with Crippen LogP contribution >= 0.6 is 11.6 Å². The molecule has 2 aromatic rings. The molecule has 0 saturated heterocycles. The third kappa shape index (κ3) is 5.49. The SMILES string of the molecule is COC(=O)CC(NC(=O)COc1cc(C)ccc1C)c1ccccc1Cl. The Labute approximate surface area is 158 Å². The minimum atomic E-state index is -0.592. The molecule has 0 spiro atoms. The third-order valence-electron chi connectivity index (χ3n) is 3.92. The Balaban J connectivity index is 2.07. The number of carbonyl (C=O) groups excluding carboxylic acids is 2. The van der Waals surface area contributed by atoms with Crippen LogP contribution in [0.5, 0.6) is 5.75 Å². The fourth-order valence-electron chi connectivity index (χ4n) is 2.49. The predicted molar refractivity (Wildman–Crippen MR) is 100 cm³/mol. The van der Waals surface area contributed by atoms with E-state index in [2.05, 4.69) is 5.32 Å². The first-order valence-corrected chi connectivity index (χ1v) is 8.59. The molecule has 6 heteroatoms. The molecular weight excluding hydrogens is 354 g/mol. The highest BCUT2D eigenvalue weighted by Crippen LogP contribution is 2.25. The number of hydrogen-bond donors (Lipinski definition) is 1. The molecule has 2 rings (SSSR count). The van der Waals surface area contributed by atoms with Crippen molar-refractivity contribution >= 4 is 23.5 Å². The van der Waals surface area contributed by atoms with Gasteiger partial charge in [-0.15, -0.1) is 0 Å². The number of carbonyl (C=O) groups is 2. The minimum Gasteiger partial charge on any atom is -0.483 e. The third-order valence-corrected chi connectivity index (χ3v) is 4.26. The summed E-state index contributed by atoms with van der Waals surface area (Å²) < 4.78 is 10.3. The molecule has 138 valence electrons. The number of amides is 1. The minimum absolute atomic E-state index is 0.0184. The van der Waals surface area contributed by atoms with E-state index in [-0.39, 0.29) is 18.9 Å². The number of nitrogens with one attached hydrogen (secondary N) is 1. The molecule has 1 atom stereocenters. The molecule has 1 unspecified atom stereocenters. The number of esters is 1. The summed E-state index contributed by atoms with van der Waals surface area (Å²) in [5, 5.41) is 3.26. The van der Waals surface area contributed by atoms with E-state index in [4.69, 9.17) is 21.1 Å². The van der Waals surface area contributed by atoms with Crippen LogP contribution in [0.15, 0.2) is 42.5 Å². The maximum Gasteiger partial charge on any atom is 0.307 e. The van der Waals surface area contributed by atoms with Crippen LogP contribution in [0.4, 0.5) is 0 Å². The van der Waals surface area contributed by atoms with Gasteiger partial charge in [0.1, 0.15) is 5.75 Å². The van der Waals surface area contributed by atoms with Crippen molar-refractivity contribution in [3.05, 3.63) is 64.2 Å². The molecule has 0 fully saturated rings. The van der Waals surface area contributed by atoms with Crippen LogP contribution in [0.25, 0.3) is 0 Å². The quantitative estimate of drug-likeness (QED) is 0.748. The molecule has 0 aliphatic rings. The maximum absolute atomic E-state index is 12.3. The van der Waals surface area contributed by atoms with Gasteiger partial charge in [0.2, 0.25) is 0 Å². The summed E-state index contributed by atoms with van der Waals surface area (Å²) in [5.74, 6) is -0.132. The van der Waals surface area contributed by atoms with Gasteiger partial charge in [0.15, 0.2) is 6.61 Å². The van der Waals surface area contributed by atoms with Crippen molar-refractivity contribution < 1.29 is 19.1 Å². The first-order chi connectivity index (χ1) is 12.4. The average Bonchev–Trinajstić information content (AvgIpc) is 2.62. The highest BCUT2D eigenvalue weighted by atomic mass is 35.5. The van der Waals surface area contributed by atoms with Crippen LogP contribution in [-0.4, -0.2) is 25.6 Å². The summed E-state index contributed by atoms with van der Waals surface area (Å²) in [5.41, 5.74) is 2.64. The van der Waals surface area contributed by atoms with E-state index < -0.39 is 12.0 Å². The second-order valence-corrected chi connectivity index (χ2v) is 6.39. The highest BCUT2D eigenvalue weighted by molar-refractivity contribution is 6.31. The van der Waals surface area contributed by atoms with Gasteiger partial charge in [0.05, 0.1) is 19.6 Å². The molecule has 0 aromatic heterocycles. The van der Waals surface area contributed by atoms with Crippen LogP contribution in [0.2, 0.25) is 5.02 Å². The van der Waals surface area contributed by atoms with E-state index in [1.165, 1.54) is 7.11 Å². The fourth-order valence-corrected chi connectivity index (χ4v) is 2.76. The lowest BCUT2D eigenvalue weighted by Gasteiger charge is -2.19. The Morgan fingerprint density at radius 3 is 2.58 bits per heavy atom. The summed E-state index contributed by atoms with van der Waals surface area (Å²) in [6.45, 7) is 3.71. The van der Waals surface area contributed by atoms with Gasteiger partial charge in [-0.1, -0.05) is 41.9 Å². The Morgan fingerprint density at radius 1 is 1.15 bits per heavy atom. The summed E-state index contributed by atoms with van der Waals surface area (Å²) >= 11 is 6.21. The molecule has 0 saturated carbocycles. The van der Waals surface area contributed by atoms with E-state index in [0.29, 0.717) is 16.3 Å². The van der Waals surface area contributed by atoms with Gasteiger partial charge in [0.25, 0.3) is 5.91 Å². The van der Waals surface area contributed by atoms with Crippen molar-refractivity contribution in [1.29, 1.82) is 0 Å². The smallest absolute Gasteiger partial charge is 0.307 e. The highest BCUT2D eigenvalue weighted by Gasteiger charge is 2.21. The van der Waals surface area contributed by atoms with Crippen molar-refractivity contribution in [2.24, 2.45) is 0 Å². The molecule has 26 heavy (non-hydrogen) atoms. The van der Waals surface area contributed by atoms with Gasteiger partial charge in [-0.2, -0.15) is 0 Å². The zero-order chi connectivity index (χ0) is 19.1.